The Morgan fingerprint density at radius 2 is 1.29 bits per heavy atom. The summed E-state index contributed by atoms with van der Waals surface area (Å²) >= 11 is 11.5. The molecule has 0 aliphatic heterocycles. The Hall–Kier alpha value is -2.81. The molecule has 5 nitrogen and oxygen atoms in total. The number of nitrogens with zero attached hydrogens (tertiary/aromatic N) is 3. The fraction of sp³-hybridized carbons (Fsp3) is 0. The minimum Gasteiger partial charge on any atom is -0.454 e. The van der Waals surface area contributed by atoms with Crippen LogP contribution in [0.5, 0.6) is 23.0 Å². The Bertz CT molecular complexity index is 825. The highest BCUT2D eigenvalue weighted by Crippen LogP contribution is 2.33. The summed E-state index contributed by atoms with van der Waals surface area (Å²) in [5, 5.41) is 10.2. The lowest BCUT2D eigenvalue weighted by atomic mass is 10.2. The van der Waals surface area contributed by atoms with E-state index in [-0.39, 0.29) is 5.56 Å². The molecule has 0 aliphatic carbocycles. The van der Waals surface area contributed by atoms with E-state index >= 15 is 0 Å². The summed E-state index contributed by atoms with van der Waals surface area (Å²) < 4.78 is 11.4. The topological polar surface area (TPSA) is 68.0 Å². The van der Waals surface area contributed by atoms with Gasteiger partial charge in [0.25, 0.3) is 0 Å². The van der Waals surface area contributed by atoms with Crippen LogP contribution in [-0.4, -0.2) is 9.97 Å². The predicted octanol–water partition coefficient (Wildman–Crippen LogP) is 5.24. The fourth-order valence-corrected chi connectivity index (χ4v) is 2.11. The largest absolute Gasteiger partial charge is 0.454 e. The van der Waals surface area contributed by atoms with Crippen molar-refractivity contribution in [3.8, 4) is 29.1 Å². The molecule has 2 heterocycles. The molecule has 0 bridgehead atoms. The van der Waals surface area contributed by atoms with Gasteiger partial charge < -0.3 is 9.47 Å². The molecule has 0 saturated heterocycles. The van der Waals surface area contributed by atoms with Gasteiger partial charge in [-0.2, -0.15) is 5.26 Å². The third kappa shape index (κ3) is 3.74. The van der Waals surface area contributed by atoms with Crippen molar-refractivity contribution < 1.29 is 9.47 Å². The first-order valence-electron chi connectivity index (χ1n) is 6.77. The number of pyridine rings is 2. The van der Waals surface area contributed by atoms with E-state index in [0.29, 0.717) is 33.3 Å². The number of halogens is 2. The van der Waals surface area contributed by atoms with Crippen LogP contribution in [0, 0.1) is 11.3 Å². The first-order valence-corrected chi connectivity index (χ1v) is 7.53. The Morgan fingerprint density at radius 1 is 0.792 bits per heavy atom. The van der Waals surface area contributed by atoms with Gasteiger partial charge in [0.15, 0.2) is 0 Å². The molecule has 0 radical (unpaired) electrons. The van der Waals surface area contributed by atoms with Crippen LogP contribution in [0.25, 0.3) is 0 Å². The van der Waals surface area contributed by atoms with Crippen LogP contribution in [0.1, 0.15) is 5.56 Å². The fourth-order valence-electron chi connectivity index (χ4n) is 1.89. The quantitative estimate of drug-likeness (QED) is 0.597. The average molecular weight is 358 g/mol. The molecule has 0 atom stereocenters. The number of ether oxygens (including phenoxy) is 2. The number of hydrogen-bond acceptors (Lipinski definition) is 5. The first-order chi connectivity index (χ1) is 11.7. The van der Waals surface area contributed by atoms with Crippen molar-refractivity contribution in [1.82, 2.24) is 9.97 Å². The number of nitriles is 1. The third-order valence-electron chi connectivity index (χ3n) is 2.96. The Labute approximate surface area is 148 Å². The van der Waals surface area contributed by atoms with E-state index in [0.717, 1.165) is 0 Å². The zero-order valence-corrected chi connectivity index (χ0v) is 13.6. The zero-order valence-electron chi connectivity index (χ0n) is 12.1. The van der Waals surface area contributed by atoms with Crippen LogP contribution < -0.4 is 9.47 Å². The molecule has 3 aromatic rings. The van der Waals surface area contributed by atoms with Crippen LogP contribution in [0.4, 0.5) is 0 Å². The van der Waals surface area contributed by atoms with Gasteiger partial charge in [-0.15, -0.1) is 0 Å². The van der Waals surface area contributed by atoms with Crippen molar-refractivity contribution in [2.45, 2.75) is 0 Å². The SMILES string of the molecule is N#Cc1c(Oc2ccc(Cl)nc2)cccc1Oc1ccc(Cl)nc1. The van der Waals surface area contributed by atoms with E-state index in [1.807, 2.05) is 0 Å². The number of rotatable bonds is 4. The maximum atomic E-state index is 9.46. The maximum Gasteiger partial charge on any atom is 0.149 e. The molecule has 1 aromatic carbocycles. The van der Waals surface area contributed by atoms with Gasteiger partial charge in [0.1, 0.15) is 44.9 Å². The van der Waals surface area contributed by atoms with E-state index in [9.17, 15) is 5.26 Å². The van der Waals surface area contributed by atoms with Crippen molar-refractivity contribution in [2.75, 3.05) is 0 Å². The highest BCUT2D eigenvalue weighted by molar-refractivity contribution is 6.29. The summed E-state index contributed by atoms with van der Waals surface area (Å²) in [6.07, 6.45) is 2.94. The molecule has 0 amide bonds. The molecule has 0 aliphatic rings. The van der Waals surface area contributed by atoms with Crippen LogP contribution in [0.2, 0.25) is 10.3 Å². The highest BCUT2D eigenvalue weighted by Gasteiger charge is 2.12. The van der Waals surface area contributed by atoms with Crippen molar-refractivity contribution >= 4 is 23.2 Å². The lowest BCUT2D eigenvalue weighted by Gasteiger charge is -2.11. The van der Waals surface area contributed by atoms with E-state index in [1.165, 1.54) is 12.4 Å². The Balaban J connectivity index is 1.89. The molecule has 0 saturated carbocycles. The Morgan fingerprint density at radius 3 is 1.67 bits per heavy atom. The van der Waals surface area contributed by atoms with Gasteiger partial charge in [0.05, 0.1) is 12.4 Å². The molecule has 0 unspecified atom stereocenters. The lowest BCUT2D eigenvalue weighted by molar-refractivity contribution is 0.455. The molecule has 118 valence electrons. The van der Waals surface area contributed by atoms with Crippen LogP contribution in [0.3, 0.4) is 0 Å². The van der Waals surface area contributed by atoms with E-state index in [2.05, 4.69) is 16.0 Å². The van der Waals surface area contributed by atoms with E-state index in [4.69, 9.17) is 32.7 Å². The molecular weight excluding hydrogens is 349 g/mol. The van der Waals surface area contributed by atoms with Crippen molar-refractivity contribution in [3.63, 3.8) is 0 Å². The van der Waals surface area contributed by atoms with Crippen LogP contribution >= 0.6 is 23.2 Å². The standard InChI is InChI=1S/C17H9Cl2N3O2/c18-16-6-4-11(9-21-16)23-14-2-1-3-15(13(14)8-20)24-12-5-7-17(19)22-10-12/h1-7,9-10H. The smallest absolute Gasteiger partial charge is 0.149 e. The minimum absolute atomic E-state index is 0.252. The first kappa shape index (κ1) is 16.1. The van der Waals surface area contributed by atoms with Gasteiger partial charge in [-0.25, -0.2) is 9.97 Å². The second kappa shape index (κ2) is 7.18. The molecule has 7 heteroatoms. The molecule has 0 spiro atoms. The summed E-state index contributed by atoms with van der Waals surface area (Å²) in [7, 11) is 0. The summed E-state index contributed by atoms with van der Waals surface area (Å²) in [4.78, 5) is 7.87. The third-order valence-corrected chi connectivity index (χ3v) is 3.40. The Kier molecular flexibility index (Phi) is 4.80. The van der Waals surface area contributed by atoms with Crippen LogP contribution in [-0.2, 0) is 0 Å². The van der Waals surface area contributed by atoms with Crippen molar-refractivity contribution in [3.05, 3.63) is 70.7 Å². The second-order valence-corrected chi connectivity index (χ2v) is 5.35. The summed E-state index contributed by atoms with van der Waals surface area (Å²) in [5.41, 5.74) is 0.252. The predicted molar refractivity (Wildman–Crippen MR) is 89.8 cm³/mol. The monoisotopic (exact) mass is 357 g/mol. The number of aromatic nitrogens is 2. The molecule has 2 aromatic heterocycles. The molecule has 24 heavy (non-hydrogen) atoms. The molecule has 0 N–H and O–H groups in total. The normalized spacial score (nSPS) is 10.0. The van der Waals surface area contributed by atoms with E-state index < -0.39 is 0 Å². The van der Waals surface area contributed by atoms with Gasteiger partial charge in [-0.1, -0.05) is 29.3 Å². The van der Waals surface area contributed by atoms with E-state index in [1.54, 1.807) is 42.5 Å². The minimum atomic E-state index is 0.252. The van der Waals surface area contributed by atoms with Gasteiger partial charge in [-0.05, 0) is 36.4 Å². The summed E-state index contributed by atoms with van der Waals surface area (Å²) in [6, 6.07) is 13.7. The summed E-state index contributed by atoms with van der Waals surface area (Å²) in [6.45, 7) is 0. The number of benzene rings is 1. The van der Waals surface area contributed by atoms with Gasteiger partial charge >= 0.3 is 0 Å². The summed E-state index contributed by atoms with van der Waals surface area (Å²) in [5.74, 6) is 1.62. The average Bonchev–Trinajstić information content (AvgIpc) is 2.59. The maximum absolute atomic E-state index is 9.46. The molecule has 0 fully saturated rings. The van der Waals surface area contributed by atoms with Gasteiger partial charge in [0.2, 0.25) is 0 Å². The lowest BCUT2D eigenvalue weighted by Crippen LogP contribution is -1.93. The zero-order chi connectivity index (χ0) is 16.9. The number of hydrogen-bond donors (Lipinski definition) is 0. The molecule has 3 rings (SSSR count). The van der Waals surface area contributed by atoms with Gasteiger partial charge in [0, 0.05) is 0 Å². The van der Waals surface area contributed by atoms with Crippen molar-refractivity contribution in [2.24, 2.45) is 0 Å². The van der Waals surface area contributed by atoms with Gasteiger partial charge in [-0.3, -0.25) is 0 Å². The van der Waals surface area contributed by atoms with Crippen LogP contribution in [0.15, 0.2) is 54.9 Å². The molecular formula is C17H9Cl2N3O2. The van der Waals surface area contributed by atoms with Crippen molar-refractivity contribution in [1.29, 1.82) is 5.26 Å². The second-order valence-electron chi connectivity index (χ2n) is 4.58. The highest BCUT2D eigenvalue weighted by atomic mass is 35.5.